The monoisotopic (exact) mass is 315 g/mol. The molecular formula is C16H17N3O4. The number of fused-ring (bicyclic) bond motifs is 4. The highest BCUT2D eigenvalue weighted by Crippen LogP contribution is 2.45. The lowest BCUT2D eigenvalue weighted by molar-refractivity contribution is 0.0243. The molecule has 0 bridgehead atoms. The fraction of sp³-hybridized carbons (Fsp3) is 0.500. The Bertz CT molecular complexity index is 747. The molecule has 120 valence electrons. The predicted molar refractivity (Wildman–Crippen MR) is 80.2 cm³/mol. The van der Waals surface area contributed by atoms with E-state index in [0.717, 1.165) is 25.7 Å². The Kier molecular flexibility index (Phi) is 2.44. The van der Waals surface area contributed by atoms with Gasteiger partial charge in [0.15, 0.2) is 18.2 Å². The van der Waals surface area contributed by atoms with E-state index in [4.69, 9.17) is 15.2 Å². The molecule has 4 aliphatic rings. The molecular weight excluding hydrogens is 298 g/mol. The van der Waals surface area contributed by atoms with Crippen molar-refractivity contribution >= 4 is 17.5 Å². The summed E-state index contributed by atoms with van der Waals surface area (Å²) in [6.45, 7) is 1.37. The number of hydrogen-bond acceptors (Lipinski definition) is 5. The van der Waals surface area contributed by atoms with Gasteiger partial charge in [0.25, 0.3) is 11.8 Å². The molecule has 4 heterocycles. The van der Waals surface area contributed by atoms with Crippen molar-refractivity contribution in [1.29, 1.82) is 0 Å². The van der Waals surface area contributed by atoms with Crippen LogP contribution in [-0.2, 0) is 0 Å². The molecule has 0 aliphatic carbocycles. The third kappa shape index (κ3) is 1.59. The van der Waals surface area contributed by atoms with Gasteiger partial charge in [-0.05, 0) is 18.9 Å². The predicted octanol–water partition coefficient (Wildman–Crippen LogP) is 1.18. The molecule has 0 spiro atoms. The number of amides is 2. The summed E-state index contributed by atoms with van der Waals surface area (Å²) in [5.74, 6) is 0.530. The van der Waals surface area contributed by atoms with Crippen LogP contribution in [-0.4, -0.2) is 47.2 Å². The van der Waals surface area contributed by atoms with Crippen molar-refractivity contribution in [1.82, 2.24) is 9.80 Å². The van der Waals surface area contributed by atoms with Gasteiger partial charge < -0.3 is 25.0 Å². The van der Waals surface area contributed by atoms with E-state index >= 15 is 0 Å². The summed E-state index contributed by atoms with van der Waals surface area (Å²) in [5, 5.41) is 0. The SMILES string of the molecule is Nc1c2c(cc3c1C(=O)N1CCC[C@@H]1O3)C(=O)N1CCCC1O2. The lowest BCUT2D eigenvalue weighted by Gasteiger charge is -2.36. The van der Waals surface area contributed by atoms with Crippen LogP contribution in [0.1, 0.15) is 46.4 Å². The molecule has 2 atom stereocenters. The second-order valence-corrected chi connectivity index (χ2v) is 6.47. The van der Waals surface area contributed by atoms with E-state index in [1.54, 1.807) is 15.9 Å². The van der Waals surface area contributed by atoms with Gasteiger partial charge in [-0.3, -0.25) is 9.59 Å². The number of nitrogens with two attached hydrogens (primary N) is 1. The van der Waals surface area contributed by atoms with Crippen molar-refractivity contribution < 1.29 is 19.1 Å². The molecule has 2 saturated heterocycles. The van der Waals surface area contributed by atoms with Gasteiger partial charge in [0.05, 0.1) is 11.3 Å². The molecule has 1 unspecified atom stereocenters. The maximum atomic E-state index is 12.7. The fourth-order valence-electron chi connectivity index (χ4n) is 4.02. The van der Waals surface area contributed by atoms with Crippen LogP contribution in [0.3, 0.4) is 0 Å². The highest BCUT2D eigenvalue weighted by atomic mass is 16.5. The van der Waals surface area contributed by atoms with Crippen LogP contribution in [0.15, 0.2) is 6.07 Å². The zero-order valence-electron chi connectivity index (χ0n) is 12.6. The first-order valence-corrected chi connectivity index (χ1v) is 8.07. The van der Waals surface area contributed by atoms with Crippen molar-refractivity contribution in [2.45, 2.75) is 38.1 Å². The van der Waals surface area contributed by atoms with Crippen LogP contribution < -0.4 is 15.2 Å². The van der Waals surface area contributed by atoms with Gasteiger partial charge in [-0.1, -0.05) is 0 Å². The molecule has 7 nitrogen and oxygen atoms in total. The minimum Gasteiger partial charge on any atom is -0.469 e. The molecule has 1 aromatic rings. The zero-order chi connectivity index (χ0) is 15.7. The molecule has 5 rings (SSSR count). The first-order valence-electron chi connectivity index (χ1n) is 8.07. The van der Waals surface area contributed by atoms with Gasteiger partial charge in [0, 0.05) is 25.9 Å². The second-order valence-electron chi connectivity index (χ2n) is 6.47. The van der Waals surface area contributed by atoms with Crippen molar-refractivity contribution in [2.24, 2.45) is 0 Å². The largest absolute Gasteiger partial charge is 0.469 e. The number of carbonyl (C=O) groups excluding carboxylic acids is 2. The molecule has 2 amide bonds. The summed E-state index contributed by atoms with van der Waals surface area (Å²) in [6.07, 6.45) is 2.91. The van der Waals surface area contributed by atoms with E-state index in [0.29, 0.717) is 35.7 Å². The molecule has 1 aromatic carbocycles. The molecule has 23 heavy (non-hydrogen) atoms. The number of benzene rings is 1. The minimum atomic E-state index is -0.269. The Hall–Kier alpha value is -2.44. The van der Waals surface area contributed by atoms with Gasteiger partial charge in [-0.25, -0.2) is 0 Å². The van der Waals surface area contributed by atoms with E-state index in [1.807, 2.05) is 0 Å². The molecule has 2 fully saturated rings. The standard InChI is InChI=1S/C16H17N3O4/c17-13-12-9(22-10-3-1-6-19(10)16(12)21)7-8-14(13)23-11-4-2-5-18(11)15(8)20/h7,10-11H,1-6,17H2/t10-,11?/m0/s1. The molecule has 0 radical (unpaired) electrons. The first-order chi connectivity index (χ1) is 11.1. The Morgan fingerprint density at radius 3 is 2.39 bits per heavy atom. The van der Waals surface area contributed by atoms with Gasteiger partial charge in [0.1, 0.15) is 11.3 Å². The van der Waals surface area contributed by atoms with E-state index in [9.17, 15) is 9.59 Å². The van der Waals surface area contributed by atoms with Gasteiger partial charge in [-0.2, -0.15) is 0 Å². The lowest BCUT2D eigenvalue weighted by atomic mass is 10.0. The van der Waals surface area contributed by atoms with Crippen LogP contribution >= 0.6 is 0 Å². The molecule has 0 saturated carbocycles. The summed E-state index contributed by atoms with van der Waals surface area (Å²) < 4.78 is 11.9. The molecule has 7 heteroatoms. The van der Waals surface area contributed by atoms with Crippen molar-refractivity contribution in [2.75, 3.05) is 18.8 Å². The fourth-order valence-corrected chi connectivity index (χ4v) is 4.02. The quantitative estimate of drug-likeness (QED) is 0.727. The maximum Gasteiger partial charge on any atom is 0.262 e. The Morgan fingerprint density at radius 2 is 1.65 bits per heavy atom. The number of anilines is 1. The summed E-state index contributed by atoms with van der Waals surface area (Å²) in [4.78, 5) is 28.8. The van der Waals surface area contributed by atoms with E-state index < -0.39 is 0 Å². The van der Waals surface area contributed by atoms with E-state index in [-0.39, 0.29) is 30.0 Å². The van der Waals surface area contributed by atoms with Crippen molar-refractivity contribution in [3.8, 4) is 11.5 Å². The summed E-state index contributed by atoms with van der Waals surface area (Å²) in [7, 11) is 0. The maximum absolute atomic E-state index is 12.7. The van der Waals surface area contributed by atoms with Crippen LogP contribution in [0.25, 0.3) is 0 Å². The lowest BCUT2D eigenvalue weighted by Crippen LogP contribution is -2.45. The van der Waals surface area contributed by atoms with Gasteiger partial charge in [-0.15, -0.1) is 0 Å². The third-order valence-corrected chi connectivity index (χ3v) is 5.16. The number of hydrogen-bond donors (Lipinski definition) is 1. The third-order valence-electron chi connectivity index (χ3n) is 5.16. The topological polar surface area (TPSA) is 85.1 Å². The molecule has 4 aliphatic heterocycles. The second kappa shape index (κ2) is 4.31. The van der Waals surface area contributed by atoms with Crippen LogP contribution in [0.4, 0.5) is 5.69 Å². The van der Waals surface area contributed by atoms with Gasteiger partial charge >= 0.3 is 0 Å². The number of carbonyl (C=O) groups is 2. The van der Waals surface area contributed by atoms with Crippen molar-refractivity contribution in [3.63, 3.8) is 0 Å². The number of rotatable bonds is 0. The van der Waals surface area contributed by atoms with E-state index in [1.165, 1.54) is 0 Å². The molecule has 2 N–H and O–H groups in total. The Balaban J connectivity index is 1.67. The zero-order valence-corrected chi connectivity index (χ0v) is 12.6. The summed E-state index contributed by atoms with van der Waals surface area (Å²) in [5.41, 5.74) is 7.19. The van der Waals surface area contributed by atoms with E-state index in [2.05, 4.69) is 0 Å². The number of ether oxygens (including phenoxy) is 2. The van der Waals surface area contributed by atoms with Crippen LogP contribution in [0, 0.1) is 0 Å². The Labute approximate surface area is 132 Å². The highest BCUT2D eigenvalue weighted by molar-refractivity contribution is 6.09. The molecule has 0 aromatic heterocycles. The summed E-state index contributed by atoms with van der Waals surface area (Å²) in [6, 6.07) is 1.63. The Morgan fingerprint density at radius 1 is 1.00 bits per heavy atom. The average molecular weight is 315 g/mol. The number of nitrogen functional groups attached to an aromatic ring is 1. The average Bonchev–Trinajstić information content (AvgIpc) is 3.17. The van der Waals surface area contributed by atoms with Crippen LogP contribution in [0.5, 0.6) is 11.5 Å². The van der Waals surface area contributed by atoms with Gasteiger partial charge in [0.2, 0.25) is 0 Å². The number of nitrogens with zero attached hydrogens (tertiary/aromatic N) is 2. The first kappa shape index (κ1) is 13.0. The minimum absolute atomic E-state index is 0.0897. The smallest absolute Gasteiger partial charge is 0.262 e. The normalized spacial score (nSPS) is 27.8. The van der Waals surface area contributed by atoms with Crippen molar-refractivity contribution in [3.05, 3.63) is 17.2 Å². The highest BCUT2D eigenvalue weighted by Gasteiger charge is 2.44. The van der Waals surface area contributed by atoms with Crippen LogP contribution in [0.2, 0.25) is 0 Å². The summed E-state index contributed by atoms with van der Waals surface area (Å²) >= 11 is 0.